The van der Waals surface area contributed by atoms with Crippen LogP contribution in [0, 0.1) is 0 Å². The van der Waals surface area contributed by atoms with Gasteiger partial charge in [0.15, 0.2) is 5.82 Å². The fraction of sp³-hybridized carbons (Fsp3) is 0.333. The molecule has 4 nitrogen and oxygen atoms in total. The van der Waals surface area contributed by atoms with E-state index in [4.69, 9.17) is 0 Å². The first-order valence-corrected chi connectivity index (χ1v) is 5.86. The summed E-state index contributed by atoms with van der Waals surface area (Å²) in [6, 6.07) is 5.00. The van der Waals surface area contributed by atoms with Crippen LogP contribution in [-0.2, 0) is 19.3 Å². The van der Waals surface area contributed by atoms with Crippen molar-refractivity contribution < 1.29 is 13.2 Å². The lowest BCUT2D eigenvalue weighted by Gasteiger charge is -2.16. The van der Waals surface area contributed by atoms with Crippen LogP contribution in [0.4, 0.5) is 13.2 Å². The molecule has 0 saturated heterocycles. The molecule has 1 N–H and O–H groups in total. The summed E-state index contributed by atoms with van der Waals surface area (Å²) in [5, 5.41) is 11.2. The molecule has 0 spiro atoms. The van der Waals surface area contributed by atoms with Crippen LogP contribution in [-0.4, -0.2) is 21.3 Å². The number of nitrogens with one attached hydrogen (secondary N) is 1. The number of benzene rings is 1. The lowest BCUT2D eigenvalue weighted by Crippen LogP contribution is -2.28. The Labute approximate surface area is 107 Å². The average Bonchev–Trinajstić information content (AvgIpc) is 2.82. The van der Waals surface area contributed by atoms with Crippen molar-refractivity contribution in [2.45, 2.75) is 19.3 Å². The third-order valence-corrected chi connectivity index (χ3v) is 3.09. The van der Waals surface area contributed by atoms with Crippen molar-refractivity contribution in [2.24, 2.45) is 0 Å². The highest BCUT2D eigenvalue weighted by Crippen LogP contribution is 2.30. The van der Waals surface area contributed by atoms with E-state index < -0.39 is 11.7 Å². The summed E-state index contributed by atoms with van der Waals surface area (Å²) in [6.45, 7) is 2.16. The summed E-state index contributed by atoms with van der Waals surface area (Å²) in [5.41, 5.74) is -0.00931. The van der Waals surface area contributed by atoms with E-state index in [-0.39, 0.29) is 0 Å². The monoisotopic (exact) mass is 268 g/mol. The highest BCUT2D eigenvalue weighted by molar-refractivity contribution is 5.56. The third kappa shape index (κ3) is 2.21. The molecule has 1 aromatic heterocycles. The Kier molecular flexibility index (Phi) is 2.78. The molecule has 0 bridgehead atoms. The first-order valence-electron chi connectivity index (χ1n) is 5.86. The lowest BCUT2D eigenvalue weighted by molar-refractivity contribution is -0.137. The number of halogens is 3. The van der Waals surface area contributed by atoms with Gasteiger partial charge in [0.05, 0.1) is 12.1 Å². The molecule has 0 fully saturated rings. The molecule has 7 heteroatoms. The molecule has 1 aromatic carbocycles. The van der Waals surface area contributed by atoms with Gasteiger partial charge in [-0.05, 0) is 12.1 Å². The van der Waals surface area contributed by atoms with Gasteiger partial charge < -0.3 is 9.88 Å². The Morgan fingerprint density at radius 3 is 2.53 bits per heavy atom. The smallest absolute Gasteiger partial charge is 0.309 e. The first-order chi connectivity index (χ1) is 9.05. The minimum Gasteiger partial charge on any atom is -0.309 e. The summed E-state index contributed by atoms with van der Waals surface area (Å²) < 4.78 is 39.4. The van der Waals surface area contributed by atoms with Gasteiger partial charge in [0.1, 0.15) is 5.82 Å². The summed E-state index contributed by atoms with van der Waals surface area (Å²) in [4.78, 5) is 0. The van der Waals surface area contributed by atoms with E-state index in [2.05, 4.69) is 15.5 Å². The normalized spacial score (nSPS) is 15.3. The molecule has 0 amide bonds. The maximum atomic E-state index is 12.5. The predicted molar refractivity (Wildman–Crippen MR) is 62.2 cm³/mol. The number of hydrogen-bond acceptors (Lipinski definition) is 3. The maximum absolute atomic E-state index is 12.5. The zero-order valence-corrected chi connectivity index (χ0v) is 9.91. The topological polar surface area (TPSA) is 42.7 Å². The largest absolute Gasteiger partial charge is 0.416 e. The lowest BCUT2D eigenvalue weighted by atomic mass is 10.1. The molecule has 0 aliphatic carbocycles. The molecule has 0 atom stereocenters. The first kappa shape index (κ1) is 12.2. The number of hydrogen-bond donors (Lipinski definition) is 1. The molecule has 100 valence electrons. The summed E-state index contributed by atoms with van der Waals surface area (Å²) >= 11 is 0. The number of aromatic nitrogens is 3. The molecule has 0 radical (unpaired) electrons. The Morgan fingerprint density at radius 2 is 1.84 bits per heavy atom. The Balaban J connectivity index is 1.97. The standard InChI is InChI=1S/C12H11F3N4/c13-12(14,15)9-3-1-8(2-4-9)11-18-17-10-7-16-5-6-19(10)11/h1-4,16H,5-7H2. The average molecular weight is 268 g/mol. The van der Waals surface area contributed by atoms with Crippen LogP contribution in [0.25, 0.3) is 11.4 Å². The van der Waals surface area contributed by atoms with Crippen molar-refractivity contribution in [2.75, 3.05) is 6.54 Å². The minimum absolute atomic E-state index is 0.616. The number of rotatable bonds is 1. The van der Waals surface area contributed by atoms with Crippen LogP contribution in [0.5, 0.6) is 0 Å². The van der Waals surface area contributed by atoms with Crippen LogP contribution in [0.3, 0.4) is 0 Å². The fourth-order valence-electron chi connectivity index (χ4n) is 2.11. The Hall–Kier alpha value is -1.89. The van der Waals surface area contributed by atoms with Gasteiger partial charge in [-0.25, -0.2) is 0 Å². The number of alkyl halides is 3. The zero-order chi connectivity index (χ0) is 13.5. The molecule has 0 unspecified atom stereocenters. The quantitative estimate of drug-likeness (QED) is 0.861. The predicted octanol–water partition coefficient (Wildman–Crippen LogP) is 2.07. The highest BCUT2D eigenvalue weighted by Gasteiger charge is 2.30. The maximum Gasteiger partial charge on any atom is 0.416 e. The number of nitrogens with zero attached hydrogens (tertiary/aromatic N) is 3. The molecule has 1 aliphatic heterocycles. The van der Waals surface area contributed by atoms with E-state index >= 15 is 0 Å². The van der Waals surface area contributed by atoms with Gasteiger partial charge in [0, 0.05) is 18.7 Å². The van der Waals surface area contributed by atoms with Crippen LogP contribution in [0.15, 0.2) is 24.3 Å². The minimum atomic E-state index is -4.31. The molecule has 2 aromatic rings. The number of fused-ring (bicyclic) bond motifs is 1. The van der Waals surface area contributed by atoms with Crippen molar-refractivity contribution >= 4 is 0 Å². The van der Waals surface area contributed by atoms with Crippen molar-refractivity contribution in [3.8, 4) is 11.4 Å². The van der Waals surface area contributed by atoms with Crippen LogP contribution in [0.1, 0.15) is 11.4 Å². The van der Waals surface area contributed by atoms with Crippen molar-refractivity contribution in [3.05, 3.63) is 35.7 Å². The second-order valence-electron chi connectivity index (χ2n) is 4.34. The molecule has 3 rings (SSSR count). The van der Waals surface area contributed by atoms with Crippen molar-refractivity contribution in [1.82, 2.24) is 20.1 Å². The second kappa shape index (κ2) is 4.34. The van der Waals surface area contributed by atoms with E-state index in [1.165, 1.54) is 12.1 Å². The fourth-order valence-corrected chi connectivity index (χ4v) is 2.11. The van der Waals surface area contributed by atoms with Crippen molar-refractivity contribution in [1.29, 1.82) is 0 Å². The Morgan fingerprint density at radius 1 is 1.11 bits per heavy atom. The highest BCUT2D eigenvalue weighted by atomic mass is 19.4. The van der Waals surface area contributed by atoms with Gasteiger partial charge in [0.2, 0.25) is 0 Å². The van der Waals surface area contributed by atoms with Gasteiger partial charge >= 0.3 is 6.18 Å². The van der Waals surface area contributed by atoms with Crippen LogP contribution >= 0.6 is 0 Å². The van der Waals surface area contributed by atoms with Gasteiger partial charge in [-0.15, -0.1) is 10.2 Å². The van der Waals surface area contributed by atoms with Gasteiger partial charge in [-0.1, -0.05) is 12.1 Å². The van der Waals surface area contributed by atoms with E-state index in [9.17, 15) is 13.2 Å². The molecular formula is C12H11F3N4. The molecular weight excluding hydrogens is 257 g/mol. The second-order valence-corrected chi connectivity index (χ2v) is 4.34. The molecule has 2 heterocycles. The molecule has 19 heavy (non-hydrogen) atoms. The van der Waals surface area contributed by atoms with E-state index in [1.807, 2.05) is 4.57 Å². The van der Waals surface area contributed by atoms with E-state index in [0.717, 1.165) is 31.0 Å². The Bertz CT molecular complexity index is 586. The zero-order valence-electron chi connectivity index (χ0n) is 9.91. The molecule has 0 saturated carbocycles. The summed E-state index contributed by atoms with van der Waals surface area (Å²) in [6.07, 6.45) is -4.31. The van der Waals surface area contributed by atoms with Crippen molar-refractivity contribution in [3.63, 3.8) is 0 Å². The van der Waals surface area contributed by atoms with E-state index in [0.29, 0.717) is 17.9 Å². The van der Waals surface area contributed by atoms with Crippen LogP contribution < -0.4 is 5.32 Å². The SMILES string of the molecule is FC(F)(F)c1ccc(-c2nnc3n2CCNC3)cc1. The van der Waals surface area contributed by atoms with Gasteiger partial charge in [-0.3, -0.25) is 0 Å². The third-order valence-electron chi connectivity index (χ3n) is 3.09. The van der Waals surface area contributed by atoms with Gasteiger partial charge in [0.25, 0.3) is 0 Å². The summed E-state index contributed by atoms with van der Waals surface area (Å²) in [5.74, 6) is 1.42. The van der Waals surface area contributed by atoms with E-state index in [1.54, 1.807) is 0 Å². The summed E-state index contributed by atoms with van der Waals surface area (Å²) in [7, 11) is 0. The van der Waals surface area contributed by atoms with Gasteiger partial charge in [-0.2, -0.15) is 13.2 Å². The molecule has 1 aliphatic rings. The van der Waals surface area contributed by atoms with Crippen LogP contribution in [0.2, 0.25) is 0 Å².